The maximum absolute atomic E-state index is 14.0. The van der Waals surface area contributed by atoms with Crippen molar-refractivity contribution >= 4 is 29.1 Å². The predicted octanol–water partition coefficient (Wildman–Crippen LogP) is 0.530. The Kier molecular flexibility index (Phi) is 6.19. The highest BCUT2D eigenvalue weighted by Crippen LogP contribution is 2.55. The number of hydrogen-bond donors (Lipinski definition) is 5. The number of ketones is 2. The SMILES string of the molecule is CCc1cccc2c1C(O)=C1C(=O)[C@]3(O)C(O)=C(C(=O)NC(C)=O)C(=O)[C@@H](N(C)C)[C@@H]3[C@@H](O)[C@@H]1[C@H]2C. The first kappa shape index (κ1) is 25.7. The molecule has 0 heterocycles. The summed E-state index contributed by atoms with van der Waals surface area (Å²) < 4.78 is 0. The van der Waals surface area contributed by atoms with Gasteiger partial charge in [-0.1, -0.05) is 32.0 Å². The molecule has 10 nitrogen and oxygen atoms in total. The van der Waals surface area contributed by atoms with E-state index >= 15 is 0 Å². The lowest BCUT2D eigenvalue weighted by Crippen LogP contribution is -2.70. The fourth-order valence-electron chi connectivity index (χ4n) is 6.17. The van der Waals surface area contributed by atoms with E-state index in [0.717, 1.165) is 12.5 Å². The minimum absolute atomic E-state index is 0.271. The van der Waals surface area contributed by atoms with E-state index in [-0.39, 0.29) is 5.57 Å². The van der Waals surface area contributed by atoms with Crippen LogP contribution in [0.4, 0.5) is 0 Å². The highest BCUT2D eigenvalue weighted by Gasteiger charge is 2.68. The molecule has 5 N–H and O–H groups in total. The van der Waals surface area contributed by atoms with Crippen LogP contribution in [-0.4, -0.2) is 80.5 Å². The van der Waals surface area contributed by atoms with Crippen LogP contribution in [-0.2, 0) is 25.6 Å². The van der Waals surface area contributed by atoms with E-state index in [0.29, 0.717) is 17.5 Å². The number of aliphatic hydroxyl groups is 4. The maximum atomic E-state index is 14.0. The molecule has 1 aromatic rings. The topological polar surface area (TPSA) is 164 Å². The number of benzene rings is 1. The number of imide groups is 1. The van der Waals surface area contributed by atoms with Crippen molar-refractivity contribution in [3.05, 3.63) is 51.8 Å². The van der Waals surface area contributed by atoms with E-state index < -0.39 is 76.0 Å². The van der Waals surface area contributed by atoms with Crippen LogP contribution in [0.5, 0.6) is 0 Å². The predicted molar refractivity (Wildman–Crippen MR) is 128 cm³/mol. The largest absolute Gasteiger partial charge is 0.508 e. The van der Waals surface area contributed by atoms with E-state index in [1.165, 1.54) is 19.0 Å². The van der Waals surface area contributed by atoms with E-state index in [2.05, 4.69) is 0 Å². The van der Waals surface area contributed by atoms with Gasteiger partial charge in [-0.25, -0.2) is 0 Å². The average Bonchev–Trinajstić information content (AvgIpc) is 2.80. The third-order valence-corrected chi connectivity index (χ3v) is 7.75. The number of carbonyl (C=O) groups is 4. The number of rotatable bonds is 3. The summed E-state index contributed by atoms with van der Waals surface area (Å²) >= 11 is 0. The second kappa shape index (κ2) is 8.65. The molecular weight excluding hydrogens is 468 g/mol. The Hall–Kier alpha value is -3.34. The molecule has 1 aromatic carbocycles. The molecule has 192 valence electrons. The Morgan fingerprint density at radius 1 is 1.17 bits per heavy atom. The third-order valence-electron chi connectivity index (χ3n) is 7.75. The quantitative estimate of drug-likeness (QED) is 0.374. The molecule has 3 aliphatic rings. The van der Waals surface area contributed by atoms with Gasteiger partial charge in [0.1, 0.15) is 17.1 Å². The van der Waals surface area contributed by atoms with Gasteiger partial charge in [-0.2, -0.15) is 0 Å². The monoisotopic (exact) mass is 498 g/mol. The Morgan fingerprint density at radius 2 is 1.81 bits per heavy atom. The molecule has 1 fully saturated rings. The minimum atomic E-state index is -2.90. The lowest BCUT2D eigenvalue weighted by atomic mass is 9.54. The number of amides is 2. The first-order valence-electron chi connectivity index (χ1n) is 11.8. The molecule has 3 aliphatic carbocycles. The van der Waals surface area contributed by atoms with Crippen molar-refractivity contribution in [3.63, 3.8) is 0 Å². The van der Waals surface area contributed by atoms with Gasteiger partial charge in [-0.3, -0.25) is 29.4 Å². The molecule has 0 radical (unpaired) electrons. The maximum Gasteiger partial charge on any atom is 0.265 e. The van der Waals surface area contributed by atoms with Gasteiger partial charge in [0.25, 0.3) is 5.91 Å². The molecule has 36 heavy (non-hydrogen) atoms. The zero-order valence-electron chi connectivity index (χ0n) is 20.7. The smallest absolute Gasteiger partial charge is 0.265 e. The van der Waals surface area contributed by atoms with Crippen molar-refractivity contribution in [1.29, 1.82) is 0 Å². The minimum Gasteiger partial charge on any atom is -0.508 e. The van der Waals surface area contributed by atoms with Crippen molar-refractivity contribution in [2.24, 2.45) is 11.8 Å². The van der Waals surface area contributed by atoms with Crippen molar-refractivity contribution < 1.29 is 39.6 Å². The summed E-state index contributed by atoms with van der Waals surface area (Å²) in [5.74, 6) is -8.83. The number of nitrogens with zero attached hydrogens (tertiary/aromatic N) is 1. The van der Waals surface area contributed by atoms with Gasteiger partial charge in [0.05, 0.1) is 18.1 Å². The number of nitrogens with one attached hydrogen (secondary N) is 1. The van der Waals surface area contributed by atoms with E-state index in [1.54, 1.807) is 19.1 Å². The second-order valence-corrected chi connectivity index (χ2v) is 9.93. The highest BCUT2D eigenvalue weighted by molar-refractivity contribution is 6.27. The number of carbonyl (C=O) groups excluding carboxylic acids is 4. The van der Waals surface area contributed by atoms with Crippen molar-refractivity contribution in [3.8, 4) is 0 Å². The van der Waals surface area contributed by atoms with Crippen LogP contribution in [0.1, 0.15) is 43.4 Å². The molecule has 0 saturated heterocycles. The zero-order chi connectivity index (χ0) is 26.9. The lowest BCUT2D eigenvalue weighted by Gasteiger charge is -2.53. The molecule has 6 atom stereocenters. The van der Waals surface area contributed by atoms with Crippen LogP contribution < -0.4 is 5.32 Å². The van der Waals surface area contributed by atoms with E-state index in [1.807, 2.05) is 18.3 Å². The fraction of sp³-hybridized carbons (Fsp3) is 0.462. The molecule has 2 amide bonds. The lowest BCUT2D eigenvalue weighted by molar-refractivity contribution is -0.169. The summed E-state index contributed by atoms with van der Waals surface area (Å²) in [5, 5.41) is 47.7. The molecule has 0 spiro atoms. The third kappa shape index (κ3) is 3.28. The first-order chi connectivity index (χ1) is 16.8. The number of Topliss-reactive ketones (excluding diaryl/α,β-unsaturated/α-hetero) is 2. The Morgan fingerprint density at radius 3 is 2.36 bits per heavy atom. The summed E-state index contributed by atoms with van der Waals surface area (Å²) in [6, 6.07) is 4.02. The number of fused-ring (bicyclic) bond motifs is 3. The molecule has 4 rings (SSSR count). The average molecular weight is 499 g/mol. The van der Waals surface area contributed by atoms with Gasteiger partial charge in [0.15, 0.2) is 11.4 Å². The number of aliphatic hydroxyl groups excluding tert-OH is 3. The molecule has 0 aliphatic heterocycles. The fourth-order valence-corrected chi connectivity index (χ4v) is 6.17. The molecule has 0 bridgehead atoms. The highest BCUT2D eigenvalue weighted by atomic mass is 16.4. The normalized spacial score (nSPS) is 31.7. The first-order valence-corrected chi connectivity index (χ1v) is 11.8. The number of hydrogen-bond acceptors (Lipinski definition) is 9. The molecule has 0 aromatic heterocycles. The van der Waals surface area contributed by atoms with Gasteiger partial charge < -0.3 is 20.4 Å². The van der Waals surface area contributed by atoms with Crippen LogP contribution in [0, 0.1) is 11.8 Å². The van der Waals surface area contributed by atoms with Gasteiger partial charge in [-0.15, -0.1) is 0 Å². The van der Waals surface area contributed by atoms with Gasteiger partial charge >= 0.3 is 0 Å². The van der Waals surface area contributed by atoms with Crippen molar-refractivity contribution in [2.45, 2.75) is 50.9 Å². The summed E-state index contributed by atoms with van der Waals surface area (Å²) in [6.07, 6.45) is -1.02. The standard InChI is InChI=1S/C26H30N2O8/c1-6-12-8-7-9-13-10(2)14-16(20(30)15(12)13)23(33)26(36)18(21(14)31)19(28(4)5)22(32)17(24(26)34)25(35)27-11(3)29/h7-10,14,18-19,21,30-31,34,36H,6H2,1-5H3,(H,27,29,35)/t10-,14+,18+,19-,21-,26-/m0/s1. The summed E-state index contributed by atoms with van der Waals surface area (Å²) in [6.45, 7) is 4.69. The van der Waals surface area contributed by atoms with Gasteiger partial charge in [-0.05, 0) is 37.6 Å². The Balaban J connectivity index is 2.03. The van der Waals surface area contributed by atoms with Crippen LogP contribution in [0.25, 0.3) is 5.76 Å². The number of aryl methyl sites for hydroxylation is 1. The summed E-state index contributed by atoms with van der Waals surface area (Å²) in [7, 11) is 2.94. The summed E-state index contributed by atoms with van der Waals surface area (Å²) in [4.78, 5) is 52.9. The Labute approximate surface area is 207 Å². The Bertz CT molecular complexity index is 1260. The van der Waals surface area contributed by atoms with Crippen LogP contribution >= 0.6 is 0 Å². The zero-order valence-corrected chi connectivity index (χ0v) is 20.7. The molecule has 1 saturated carbocycles. The van der Waals surface area contributed by atoms with Crippen LogP contribution in [0.15, 0.2) is 35.1 Å². The number of likely N-dealkylation sites (N-methyl/N-ethyl adjacent to an activating group) is 1. The second-order valence-electron chi connectivity index (χ2n) is 9.93. The molecular formula is C26H30N2O8. The van der Waals surface area contributed by atoms with Crippen LogP contribution in [0.3, 0.4) is 0 Å². The summed E-state index contributed by atoms with van der Waals surface area (Å²) in [5.41, 5.74) is -2.22. The van der Waals surface area contributed by atoms with Crippen LogP contribution in [0.2, 0.25) is 0 Å². The van der Waals surface area contributed by atoms with Gasteiger partial charge in [0, 0.05) is 24.0 Å². The molecule has 10 heteroatoms. The van der Waals surface area contributed by atoms with E-state index in [9.17, 15) is 39.6 Å². The van der Waals surface area contributed by atoms with Crippen molar-refractivity contribution in [2.75, 3.05) is 14.1 Å². The van der Waals surface area contributed by atoms with Crippen molar-refractivity contribution in [1.82, 2.24) is 10.2 Å². The molecule has 0 unspecified atom stereocenters. The van der Waals surface area contributed by atoms with E-state index in [4.69, 9.17) is 0 Å². The van der Waals surface area contributed by atoms with Gasteiger partial charge in [0.2, 0.25) is 11.7 Å².